The number of rotatable bonds is 2. The molecule has 2 atom stereocenters. The molecule has 0 radical (unpaired) electrons. The maximum atomic E-state index is 14.2. The predicted octanol–water partition coefficient (Wildman–Crippen LogP) is 3.16. The van der Waals surface area contributed by atoms with Crippen LogP contribution >= 0.6 is 7.60 Å². The number of halogens is 4. The molecule has 1 aliphatic carbocycles. The lowest BCUT2D eigenvalue weighted by atomic mass is 9.75. The fourth-order valence-electron chi connectivity index (χ4n) is 2.52. The molecule has 0 aromatic carbocycles. The maximum absolute atomic E-state index is 14.2. The second-order valence-electron chi connectivity index (χ2n) is 4.77. The third-order valence-electron chi connectivity index (χ3n) is 3.51. The minimum absolute atomic E-state index is 0.195. The van der Waals surface area contributed by atoms with E-state index in [4.69, 9.17) is 9.79 Å². The van der Waals surface area contributed by atoms with Gasteiger partial charge in [0, 0.05) is 0 Å². The largest absolute Gasteiger partial charge is 0.390 e. The molecular weight excluding hydrogens is 263 g/mol. The topological polar surface area (TPSA) is 57.5 Å². The molecule has 1 fully saturated rings. The van der Waals surface area contributed by atoms with E-state index in [-0.39, 0.29) is 12.8 Å². The van der Waals surface area contributed by atoms with Gasteiger partial charge in [0.15, 0.2) is 0 Å². The van der Waals surface area contributed by atoms with Crippen LogP contribution in [0.1, 0.15) is 39.0 Å². The van der Waals surface area contributed by atoms with Crippen molar-refractivity contribution >= 4 is 7.60 Å². The van der Waals surface area contributed by atoms with Crippen LogP contribution in [0.15, 0.2) is 0 Å². The number of alkyl halides is 4. The van der Waals surface area contributed by atoms with Crippen LogP contribution in [-0.4, -0.2) is 26.8 Å². The molecule has 0 aliphatic heterocycles. The van der Waals surface area contributed by atoms with Gasteiger partial charge in [-0.15, -0.1) is 0 Å². The van der Waals surface area contributed by atoms with E-state index in [1.165, 1.54) is 0 Å². The predicted molar refractivity (Wildman–Crippen MR) is 53.4 cm³/mol. The molecule has 17 heavy (non-hydrogen) atoms. The summed E-state index contributed by atoms with van der Waals surface area (Å²) in [6, 6.07) is 0. The highest BCUT2D eigenvalue weighted by molar-refractivity contribution is 7.53. The Kier molecular flexibility index (Phi) is 3.70. The first-order valence-corrected chi connectivity index (χ1v) is 6.84. The second kappa shape index (κ2) is 4.21. The van der Waals surface area contributed by atoms with E-state index >= 15 is 0 Å². The molecule has 0 bridgehead atoms. The summed E-state index contributed by atoms with van der Waals surface area (Å²) in [4.78, 5) is 18.3. The average Bonchev–Trinajstić information content (AvgIpc) is 2.04. The van der Waals surface area contributed by atoms with Gasteiger partial charge in [0.1, 0.15) is 10.8 Å². The molecule has 102 valence electrons. The molecule has 0 amide bonds. The summed E-state index contributed by atoms with van der Waals surface area (Å²) in [6.07, 6.45) is -6.74. The Labute approximate surface area is 96.4 Å². The van der Waals surface area contributed by atoms with E-state index in [9.17, 15) is 22.1 Å². The zero-order chi connectivity index (χ0) is 13.5. The molecule has 8 heteroatoms. The van der Waals surface area contributed by atoms with E-state index < -0.39 is 37.4 Å². The standard InChI is InChI=1S/C9H15F4O3P/c1-7(10)4-2-3-5-8(7,17(14,15)16)6-9(11,12)13/h2-6H2,1H3,(H2,14,15,16). The third kappa shape index (κ3) is 2.83. The van der Waals surface area contributed by atoms with E-state index in [2.05, 4.69) is 0 Å². The van der Waals surface area contributed by atoms with Crippen molar-refractivity contribution in [1.82, 2.24) is 0 Å². The summed E-state index contributed by atoms with van der Waals surface area (Å²) < 4.78 is 62.9. The molecule has 0 saturated heterocycles. The fourth-order valence-corrected chi connectivity index (χ4v) is 4.08. The molecule has 0 spiro atoms. The van der Waals surface area contributed by atoms with Crippen LogP contribution in [-0.2, 0) is 4.57 Å². The molecular formula is C9H15F4O3P. The lowest BCUT2D eigenvalue weighted by Crippen LogP contribution is -2.53. The minimum Gasteiger partial charge on any atom is -0.324 e. The van der Waals surface area contributed by atoms with Crippen LogP contribution in [0.5, 0.6) is 0 Å². The highest BCUT2D eigenvalue weighted by Gasteiger charge is 2.64. The van der Waals surface area contributed by atoms with Gasteiger partial charge in [-0.05, 0) is 19.8 Å². The first kappa shape index (κ1) is 14.9. The van der Waals surface area contributed by atoms with Gasteiger partial charge in [-0.2, -0.15) is 13.2 Å². The molecule has 1 saturated carbocycles. The van der Waals surface area contributed by atoms with E-state index in [1.807, 2.05) is 0 Å². The van der Waals surface area contributed by atoms with Crippen molar-refractivity contribution in [3.05, 3.63) is 0 Å². The van der Waals surface area contributed by atoms with Crippen LogP contribution in [0.3, 0.4) is 0 Å². The van der Waals surface area contributed by atoms with Crippen molar-refractivity contribution in [2.75, 3.05) is 0 Å². The van der Waals surface area contributed by atoms with Gasteiger partial charge in [0.25, 0.3) is 0 Å². The van der Waals surface area contributed by atoms with Crippen molar-refractivity contribution in [1.29, 1.82) is 0 Å². The van der Waals surface area contributed by atoms with Crippen molar-refractivity contribution in [2.45, 2.75) is 56.0 Å². The van der Waals surface area contributed by atoms with Crippen molar-refractivity contribution in [2.24, 2.45) is 0 Å². The van der Waals surface area contributed by atoms with E-state index in [1.54, 1.807) is 0 Å². The molecule has 1 aliphatic rings. The van der Waals surface area contributed by atoms with Gasteiger partial charge in [-0.25, -0.2) is 4.39 Å². The summed E-state index contributed by atoms with van der Waals surface area (Å²) in [7, 11) is -5.19. The van der Waals surface area contributed by atoms with Crippen LogP contribution in [0.25, 0.3) is 0 Å². The maximum Gasteiger partial charge on any atom is 0.390 e. The fraction of sp³-hybridized carbons (Fsp3) is 1.00. The Bertz CT molecular complexity index is 336. The molecule has 2 N–H and O–H groups in total. The van der Waals surface area contributed by atoms with Gasteiger partial charge < -0.3 is 9.79 Å². The highest BCUT2D eigenvalue weighted by atomic mass is 31.2. The Morgan fingerprint density at radius 1 is 1.24 bits per heavy atom. The zero-order valence-electron chi connectivity index (χ0n) is 9.30. The normalized spacial score (nSPS) is 35.9. The summed E-state index contributed by atoms with van der Waals surface area (Å²) in [5, 5.41) is -2.63. The molecule has 0 aromatic heterocycles. The molecule has 2 unspecified atom stereocenters. The van der Waals surface area contributed by atoms with Crippen LogP contribution in [0, 0.1) is 0 Å². The van der Waals surface area contributed by atoms with Crippen molar-refractivity contribution in [3.8, 4) is 0 Å². The van der Waals surface area contributed by atoms with Crippen molar-refractivity contribution in [3.63, 3.8) is 0 Å². The summed E-state index contributed by atoms with van der Waals surface area (Å²) in [6.45, 7) is 0.858. The van der Waals surface area contributed by atoms with Gasteiger partial charge in [-0.1, -0.05) is 12.8 Å². The Balaban J connectivity index is 3.23. The zero-order valence-corrected chi connectivity index (χ0v) is 10.2. The lowest BCUT2D eigenvalue weighted by molar-refractivity contribution is -0.156. The smallest absolute Gasteiger partial charge is 0.324 e. The highest BCUT2D eigenvalue weighted by Crippen LogP contribution is 2.66. The van der Waals surface area contributed by atoms with Gasteiger partial charge >= 0.3 is 13.8 Å². The summed E-state index contributed by atoms with van der Waals surface area (Å²) in [5.74, 6) is 0. The Hall–Kier alpha value is -0.130. The molecule has 0 heterocycles. The summed E-state index contributed by atoms with van der Waals surface area (Å²) in [5.41, 5.74) is -2.50. The summed E-state index contributed by atoms with van der Waals surface area (Å²) >= 11 is 0. The first-order valence-electron chi connectivity index (χ1n) is 5.23. The van der Waals surface area contributed by atoms with Crippen molar-refractivity contribution < 1.29 is 31.9 Å². The van der Waals surface area contributed by atoms with Crippen LogP contribution in [0.4, 0.5) is 17.6 Å². The van der Waals surface area contributed by atoms with E-state index in [0.717, 1.165) is 6.92 Å². The molecule has 0 aromatic rings. The molecule has 1 rings (SSSR count). The van der Waals surface area contributed by atoms with Gasteiger partial charge in [-0.3, -0.25) is 4.57 Å². The Morgan fingerprint density at radius 3 is 2.06 bits per heavy atom. The van der Waals surface area contributed by atoms with Crippen LogP contribution in [0.2, 0.25) is 0 Å². The average molecular weight is 278 g/mol. The van der Waals surface area contributed by atoms with Gasteiger partial charge in [0.05, 0.1) is 6.42 Å². The lowest BCUT2D eigenvalue weighted by Gasteiger charge is -2.47. The quantitative estimate of drug-likeness (QED) is 0.602. The SMILES string of the molecule is CC1(F)CCCCC1(CC(F)(F)F)P(=O)(O)O. The minimum atomic E-state index is -5.19. The number of hydrogen-bond acceptors (Lipinski definition) is 1. The third-order valence-corrected chi connectivity index (χ3v) is 5.47. The van der Waals surface area contributed by atoms with E-state index in [0.29, 0.717) is 6.42 Å². The first-order chi connectivity index (χ1) is 7.41. The monoisotopic (exact) mass is 278 g/mol. The number of hydrogen-bond donors (Lipinski definition) is 2. The second-order valence-corrected chi connectivity index (χ2v) is 6.72. The Morgan fingerprint density at radius 2 is 1.71 bits per heavy atom. The molecule has 3 nitrogen and oxygen atoms in total. The van der Waals surface area contributed by atoms with Crippen LogP contribution < -0.4 is 0 Å². The van der Waals surface area contributed by atoms with Gasteiger partial charge in [0.2, 0.25) is 0 Å².